The van der Waals surface area contributed by atoms with Crippen molar-refractivity contribution in [2.24, 2.45) is 11.8 Å². The summed E-state index contributed by atoms with van der Waals surface area (Å²) in [5.74, 6) is 0.255. The molecule has 1 saturated heterocycles. The third-order valence-corrected chi connectivity index (χ3v) is 4.45. The second-order valence-corrected chi connectivity index (χ2v) is 6.17. The van der Waals surface area contributed by atoms with E-state index in [-0.39, 0.29) is 29.3 Å². The predicted octanol–water partition coefficient (Wildman–Crippen LogP) is 2.18. The fourth-order valence-electron chi connectivity index (χ4n) is 2.86. The van der Waals surface area contributed by atoms with Gasteiger partial charge in [0.1, 0.15) is 0 Å². The zero-order chi connectivity index (χ0) is 16.4. The molecule has 1 N–H and O–H groups in total. The van der Waals surface area contributed by atoms with Crippen LogP contribution in [0.5, 0.6) is 0 Å². The summed E-state index contributed by atoms with van der Waals surface area (Å²) >= 11 is 0. The van der Waals surface area contributed by atoms with Gasteiger partial charge < -0.3 is 10.2 Å². The van der Waals surface area contributed by atoms with E-state index in [9.17, 15) is 19.7 Å². The van der Waals surface area contributed by atoms with Crippen LogP contribution in [0.1, 0.15) is 25.7 Å². The van der Waals surface area contributed by atoms with Crippen molar-refractivity contribution in [1.29, 1.82) is 0 Å². The molecule has 3 rings (SSSR count). The quantitative estimate of drug-likeness (QED) is 0.680. The van der Waals surface area contributed by atoms with E-state index in [1.54, 1.807) is 0 Å². The van der Waals surface area contributed by atoms with E-state index in [0.717, 1.165) is 12.8 Å². The number of non-ortho nitro benzene ring substituents is 1. The molecular formula is C16H19N3O4. The maximum Gasteiger partial charge on any atom is 0.269 e. The van der Waals surface area contributed by atoms with E-state index in [2.05, 4.69) is 5.32 Å². The molecule has 0 spiro atoms. The Bertz CT molecular complexity index is 617. The molecule has 1 aromatic carbocycles. The van der Waals surface area contributed by atoms with Gasteiger partial charge in [-0.3, -0.25) is 19.7 Å². The Kier molecular flexibility index (Phi) is 4.27. The second-order valence-electron chi connectivity index (χ2n) is 6.17. The number of nitrogens with one attached hydrogen (secondary N) is 1. The minimum absolute atomic E-state index is 0.00473. The van der Waals surface area contributed by atoms with E-state index in [4.69, 9.17) is 0 Å². The van der Waals surface area contributed by atoms with Crippen molar-refractivity contribution in [3.8, 4) is 0 Å². The number of likely N-dealkylation sites (tertiary alicyclic amines) is 1. The van der Waals surface area contributed by atoms with Crippen molar-refractivity contribution < 1.29 is 14.5 Å². The molecule has 2 amide bonds. The average Bonchev–Trinajstić information content (AvgIpc) is 3.40. The first-order chi connectivity index (χ1) is 11.0. The summed E-state index contributed by atoms with van der Waals surface area (Å²) in [6.45, 7) is 1.27. The van der Waals surface area contributed by atoms with E-state index in [1.165, 1.54) is 24.3 Å². The smallest absolute Gasteiger partial charge is 0.269 e. The Balaban J connectivity index is 1.51. The molecule has 0 aromatic heterocycles. The number of nitro benzene ring substituents is 1. The zero-order valence-corrected chi connectivity index (χ0v) is 12.7. The Hall–Kier alpha value is -2.44. The number of anilines is 1. The normalized spacial score (nSPS) is 18.5. The highest BCUT2D eigenvalue weighted by Gasteiger charge is 2.35. The molecule has 7 nitrogen and oxygen atoms in total. The van der Waals surface area contributed by atoms with Gasteiger partial charge in [-0.1, -0.05) is 0 Å². The molecule has 122 valence electrons. The number of rotatable bonds is 4. The van der Waals surface area contributed by atoms with Gasteiger partial charge in [-0.2, -0.15) is 0 Å². The minimum atomic E-state index is -0.474. The van der Waals surface area contributed by atoms with Gasteiger partial charge in [0.2, 0.25) is 11.8 Å². The number of nitro groups is 1. The van der Waals surface area contributed by atoms with Gasteiger partial charge in [-0.25, -0.2) is 0 Å². The van der Waals surface area contributed by atoms with Gasteiger partial charge in [-0.15, -0.1) is 0 Å². The third-order valence-electron chi connectivity index (χ3n) is 4.45. The maximum absolute atomic E-state index is 12.3. The lowest BCUT2D eigenvalue weighted by Crippen LogP contribution is -2.42. The molecule has 1 aliphatic heterocycles. The topological polar surface area (TPSA) is 92.5 Å². The van der Waals surface area contributed by atoms with Crippen LogP contribution < -0.4 is 5.32 Å². The molecule has 0 unspecified atom stereocenters. The minimum Gasteiger partial charge on any atom is -0.342 e. The maximum atomic E-state index is 12.3. The number of carbonyl (C=O) groups excluding carboxylic acids is 2. The highest BCUT2D eigenvalue weighted by Crippen LogP contribution is 2.32. The number of hydrogen-bond donors (Lipinski definition) is 1. The van der Waals surface area contributed by atoms with E-state index in [0.29, 0.717) is 31.6 Å². The van der Waals surface area contributed by atoms with Crippen LogP contribution in [-0.4, -0.2) is 34.7 Å². The lowest BCUT2D eigenvalue weighted by molar-refractivity contribution is -0.384. The van der Waals surface area contributed by atoms with Crippen LogP contribution in [-0.2, 0) is 9.59 Å². The van der Waals surface area contributed by atoms with Crippen molar-refractivity contribution in [3.63, 3.8) is 0 Å². The van der Waals surface area contributed by atoms with Crippen molar-refractivity contribution in [2.75, 3.05) is 18.4 Å². The van der Waals surface area contributed by atoms with Gasteiger partial charge >= 0.3 is 0 Å². The van der Waals surface area contributed by atoms with Crippen LogP contribution >= 0.6 is 0 Å². The Morgan fingerprint density at radius 2 is 1.65 bits per heavy atom. The lowest BCUT2D eigenvalue weighted by Gasteiger charge is -2.31. The summed E-state index contributed by atoms with van der Waals surface area (Å²) in [6, 6.07) is 5.79. The van der Waals surface area contributed by atoms with E-state index in [1.807, 2.05) is 4.90 Å². The summed E-state index contributed by atoms with van der Waals surface area (Å²) in [6.07, 6.45) is 3.33. The molecule has 0 atom stereocenters. The zero-order valence-electron chi connectivity index (χ0n) is 12.7. The average molecular weight is 317 g/mol. The van der Waals surface area contributed by atoms with E-state index < -0.39 is 4.92 Å². The number of amides is 2. The van der Waals surface area contributed by atoms with Gasteiger partial charge in [0, 0.05) is 42.7 Å². The second kappa shape index (κ2) is 6.36. The van der Waals surface area contributed by atoms with Crippen molar-refractivity contribution >= 4 is 23.2 Å². The summed E-state index contributed by atoms with van der Waals surface area (Å²) in [4.78, 5) is 36.2. The number of carbonyl (C=O) groups is 2. The van der Waals surface area contributed by atoms with Gasteiger partial charge in [0.15, 0.2) is 0 Å². The van der Waals surface area contributed by atoms with Crippen molar-refractivity contribution in [1.82, 2.24) is 4.90 Å². The standard InChI is InChI=1S/C16H19N3O4/c20-15(17-13-3-5-14(6-4-13)19(22)23)11-7-9-18(10-8-11)16(21)12-1-2-12/h3-6,11-12H,1-2,7-10H2,(H,17,20). The number of piperidine rings is 1. The first-order valence-corrected chi connectivity index (χ1v) is 7.88. The van der Waals surface area contributed by atoms with Crippen LogP contribution in [0.15, 0.2) is 24.3 Å². The van der Waals surface area contributed by atoms with Gasteiger partial charge in [0.05, 0.1) is 4.92 Å². The van der Waals surface area contributed by atoms with Crippen LogP contribution in [0, 0.1) is 22.0 Å². The Morgan fingerprint density at radius 3 is 2.17 bits per heavy atom. The molecule has 2 aliphatic rings. The molecule has 1 heterocycles. The van der Waals surface area contributed by atoms with Crippen LogP contribution in [0.3, 0.4) is 0 Å². The van der Waals surface area contributed by atoms with Crippen molar-refractivity contribution in [3.05, 3.63) is 34.4 Å². The highest BCUT2D eigenvalue weighted by molar-refractivity contribution is 5.93. The highest BCUT2D eigenvalue weighted by atomic mass is 16.6. The van der Waals surface area contributed by atoms with Crippen molar-refractivity contribution in [2.45, 2.75) is 25.7 Å². The summed E-state index contributed by atoms with van der Waals surface area (Å²) in [7, 11) is 0. The monoisotopic (exact) mass is 317 g/mol. The van der Waals surface area contributed by atoms with E-state index >= 15 is 0 Å². The SMILES string of the molecule is O=C(Nc1ccc([N+](=O)[O-])cc1)C1CCN(C(=O)C2CC2)CC1. The summed E-state index contributed by atoms with van der Waals surface area (Å²) in [5.41, 5.74) is 0.548. The Morgan fingerprint density at radius 1 is 1.04 bits per heavy atom. The number of nitrogens with zero attached hydrogens (tertiary/aromatic N) is 2. The molecule has 0 radical (unpaired) electrons. The fraction of sp³-hybridized carbons (Fsp3) is 0.500. The number of hydrogen-bond acceptors (Lipinski definition) is 4. The largest absolute Gasteiger partial charge is 0.342 e. The Labute approximate surface area is 133 Å². The third kappa shape index (κ3) is 3.67. The van der Waals surface area contributed by atoms with Gasteiger partial charge in [-0.05, 0) is 37.8 Å². The molecule has 1 aliphatic carbocycles. The molecular weight excluding hydrogens is 298 g/mol. The number of benzene rings is 1. The molecule has 23 heavy (non-hydrogen) atoms. The molecule has 1 saturated carbocycles. The first kappa shape index (κ1) is 15.5. The fourth-order valence-corrected chi connectivity index (χ4v) is 2.86. The van der Waals surface area contributed by atoms with Crippen LogP contribution in [0.4, 0.5) is 11.4 Å². The van der Waals surface area contributed by atoms with Gasteiger partial charge in [0.25, 0.3) is 5.69 Å². The van der Waals surface area contributed by atoms with Crippen LogP contribution in [0.25, 0.3) is 0 Å². The molecule has 2 fully saturated rings. The molecule has 7 heteroatoms. The lowest BCUT2D eigenvalue weighted by atomic mass is 9.95. The van der Waals surface area contributed by atoms with Crippen LogP contribution in [0.2, 0.25) is 0 Å². The first-order valence-electron chi connectivity index (χ1n) is 7.88. The summed E-state index contributed by atoms with van der Waals surface area (Å²) in [5, 5.41) is 13.4. The molecule has 0 bridgehead atoms. The predicted molar refractivity (Wildman–Crippen MR) is 83.8 cm³/mol. The molecule has 1 aromatic rings. The summed E-state index contributed by atoms with van der Waals surface area (Å²) < 4.78 is 0.